The zero-order valence-electron chi connectivity index (χ0n) is 10.4. The quantitative estimate of drug-likeness (QED) is 0.803. The van der Waals surface area contributed by atoms with Gasteiger partial charge in [0.2, 0.25) is 0 Å². The third-order valence-electron chi connectivity index (χ3n) is 1.79. The van der Waals surface area contributed by atoms with Crippen LogP contribution in [0.3, 0.4) is 0 Å². The molecule has 0 aliphatic heterocycles. The third-order valence-corrected chi connectivity index (χ3v) is 1.79. The number of carbonyl (C=O) groups is 1. The van der Waals surface area contributed by atoms with E-state index < -0.39 is 5.97 Å². The van der Waals surface area contributed by atoms with Gasteiger partial charge in [0.1, 0.15) is 0 Å². The van der Waals surface area contributed by atoms with Crippen molar-refractivity contribution in [3.05, 3.63) is 72.4 Å². The molecule has 0 aromatic heterocycles. The van der Waals surface area contributed by atoms with E-state index in [9.17, 15) is 4.79 Å². The van der Waals surface area contributed by atoms with Crippen LogP contribution < -0.4 is 0 Å². The summed E-state index contributed by atoms with van der Waals surface area (Å²) in [7, 11) is 0. The molecule has 3 nitrogen and oxygen atoms in total. The van der Waals surface area contributed by atoms with Gasteiger partial charge in [0.25, 0.3) is 0 Å². The Morgan fingerprint density at radius 3 is 2.17 bits per heavy atom. The van der Waals surface area contributed by atoms with E-state index in [1.807, 2.05) is 31.2 Å². The van der Waals surface area contributed by atoms with E-state index >= 15 is 0 Å². The Bertz CT molecular complexity index is 403. The number of hydrogen-bond acceptors (Lipinski definition) is 2. The molecule has 0 bridgehead atoms. The topological polar surface area (TPSA) is 57.5 Å². The van der Waals surface area contributed by atoms with Crippen LogP contribution in [0.2, 0.25) is 0 Å². The van der Waals surface area contributed by atoms with Crippen LogP contribution in [0.25, 0.3) is 0 Å². The van der Waals surface area contributed by atoms with E-state index in [-0.39, 0.29) is 6.61 Å². The highest BCUT2D eigenvalue weighted by Gasteiger charge is 1.96. The minimum absolute atomic E-state index is 0.111. The second-order valence-corrected chi connectivity index (χ2v) is 3.19. The molecule has 96 valence electrons. The summed E-state index contributed by atoms with van der Waals surface area (Å²) in [5.74, 6) is -0.879. The zero-order valence-corrected chi connectivity index (χ0v) is 10.4. The van der Waals surface area contributed by atoms with Crippen molar-refractivity contribution in [2.75, 3.05) is 6.61 Å². The van der Waals surface area contributed by atoms with Gasteiger partial charge in [0.05, 0.1) is 12.2 Å². The number of hydrogen-bond donors (Lipinski definition) is 2. The molecule has 0 aliphatic rings. The van der Waals surface area contributed by atoms with Crippen molar-refractivity contribution in [2.45, 2.75) is 6.92 Å². The van der Waals surface area contributed by atoms with Crippen LogP contribution in [0.4, 0.5) is 0 Å². The van der Waals surface area contributed by atoms with Crippen LogP contribution in [0.15, 0.2) is 66.8 Å². The number of allylic oxidation sites excluding steroid dienone is 5. The Balaban J connectivity index is 0.000000321. The van der Waals surface area contributed by atoms with Crippen LogP contribution >= 0.6 is 0 Å². The van der Waals surface area contributed by atoms with Crippen LogP contribution in [0, 0.1) is 0 Å². The summed E-state index contributed by atoms with van der Waals surface area (Å²) in [5.41, 5.74) is 0.331. The number of aliphatic hydroxyl groups is 1. The van der Waals surface area contributed by atoms with Crippen molar-refractivity contribution >= 4 is 5.97 Å². The highest BCUT2D eigenvalue weighted by atomic mass is 16.4. The lowest BCUT2D eigenvalue weighted by Gasteiger charge is -1.88. The summed E-state index contributed by atoms with van der Waals surface area (Å²) in [4.78, 5) is 10.2. The lowest BCUT2D eigenvalue weighted by Crippen LogP contribution is -1.93. The van der Waals surface area contributed by atoms with Crippen molar-refractivity contribution in [3.63, 3.8) is 0 Å². The smallest absolute Gasteiger partial charge is 0.335 e. The van der Waals surface area contributed by atoms with Gasteiger partial charge >= 0.3 is 5.97 Å². The first-order valence-electron chi connectivity index (χ1n) is 5.56. The largest absolute Gasteiger partial charge is 0.478 e. The molecule has 1 aromatic carbocycles. The molecule has 0 spiro atoms. The standard InChI is InChI=1S/C8H12O.C7H6O2/c1-2-3-4-5-6-7-8-9;8-7(9)6-4-2-1-3-5-6/h2-7,9H,8H2,1H3;1-5H,(H,8,9). The Morgan fingerprint density at radius 2 is 1.72 bits per heavy atom. The molecule has 0 fully saturated rings. The Hall–Kier alpha value is -2.13. The molecule has 0 amide bonds. The molecular formula is C15H18O3. The molecule has 2 N–H and O–H groups in total. The average Bonchev–Trinajstić information content (AvgIpc) is 2.40. The van der Waals surface area contributed by atoms with Gasteiger partial charge in [-0.2, -0.15) is 0 Å². The first kappa shape index (κ1) is 15.9. The monoisotopic (exact) mass is 246 g/mol. The fourth-order valence-corrected chi connectivity index (χ4v) is 0.960. The molecule has 1 aromatic rings. The van der Waals surface area contributed by atoms with Crippen LogP contribution in [0.5, 0.6) is 0 Å². The normalized spacial score (nSPS) is 10.8. The molecule has 18 heavy (non-hydrogen) atoms. The molecule has 1 rings (SSSR count). The van der Waals surface area contributed by atoms with E-state index in [0.29, 0.717) is 5.56 Å². The van der Waals surface area contributed by atoms with E-state index in [1.54, 1.807) is 42.5 Å². The number of carboxylic acid groups (broad SMARTS) is 1. The maximum absolute atomic E-state index is 10.2. The first-order valence-corrected chi connectivity index (χ1v) is 5.56. The molecule has 0 atom stereocenters. The summed E-state index contributed by atoms with van der Waals surface area (Å²) in [6.45, 7) is 2.07. The van der Waals surface area contributed by atoms with Gasteiger partial charge in [-0.3, -0.25) is 0 Å². The average molecular weight is 246 g/mol. The predicted octanol–water partition coefficient (Wildman–Crippen LogP) is 3.05. The summed E-state index contributed by atoms with van der Waals surface area (Å²) in [6.07, 6.45) is 11.1. The highest BCUT2D eigenvalue weighted by molar-refractivity contribution is 5.87. The Labute approximate surface area is 107 Å². The lowest BCUT2D eigenvalue weighted by atomic mass is 10.2. The molecule has 0 unspecified atom stereocenters. The minimum atomic E-state index is -0.879. The lowest BCUT2D eigenvalue weighted by molar-refractivity contribution is 0.0697. The third kappa shape index (κ3) is 9.12. The first-order chi connectivity index (χ1) is 8.72. The van der Waals surface area contributed by atoms with E-state index in [0.717, 1.165) is 0 Å². The SMILES string of the molecule is CC=CC=CC=CCO.O=C(O)c1ccccc1. The van der Waals surface area contributed by atoms with Crippen molar-refractivity contribution in [1.29, 1.82) is 0 Å². The summed E-state index contributed by atoms with van der Waals surface area (Å²) < 4.78 is 0. The van der Waals surface area contributed by atoms with Gasteiger partial charge in [0, 0.05) is 0 Å². The Morgan fingerprint density at radius 1 is 1.11 bits per heavy atom. The van der Waals surface area contributed by atoms with Crippen molar-refractivity contribution in [3.8, 4) is 0 Å². The summed E-state index contributed by atoms with van der Waals surface area (Å²) in [6, 6.07) is 8.30. The highest BCUT2D eigenvalue weighted by Crippen LogP contribution is 1.96. The van der Waals surface area contributed by atoms with Gasteiger partial charge in [0.15, 0.2) is 0 Å². The van der Waals surface area contributed by atoms with Crippen molar-refractivity contribution in [2.24, 2.45) is 0 Å². The van der Waals surface area contributed by atoms with Gasteiger partial charge in [-0.1, -0.05) is 54.7 Å². The second-order valence-electron chi connectivity index (χ2n) is 3.19. The van der Waals surface area contributed by atoms with Gasteiger partial charge in [-0.15, -0.1) is 0 Å². The van der Waals surface area contributed by atoms with Crippen LogP contribution in [-0.2, 0) is 0 Å². The molecule has 0 saturated heterocycles. The molecule has 0 heterocycles. The van der Waals surface area contributed by atoms with E-state index in [4.69, 9.17) is 10.2 Å². The number of aliphatic hydroxyl groups excluding tert-OH is 1. The zero-order chi connectivity index (χ0) is 13.6. The van der Waals surface area contributed by atoms with Gasteiger partial charge in [-0.25, -0.2) is 4.79 Å². The fourth-order valence-electron chi connectivity index (χ4n) is 0.960. The van der Waals surface area contributed by atoms with Crippen molar-refractivity contribution in [1.82, 2.24) is 0 Å². The maximum Gasteiger partial charge on any atom is 0.335 e. The van der Waals surface area contributed by atoms with E-state index in [2.05, 4.69) is 0 Å². The van der Waals surface area contributed by atoms with Crippen LogP contribution in [0.1, 0.15) is 17.3 Å². The molecule has 3 heteroatoms. The van der Waals surface area contributed by atoms with Crippen LogP contribution in [-0.4, -0.2) is 22.8 Å². The summed E-state index contributed by atoms with van der Waals surface area (Å²) >= 11 is 0. The number of aromatic carboxylic acids is 1. The minimum Gasteiger partial charge on any atom is -0.478 e. The molecular weight excluding hydrogens is 228 g/mol. The number of rotatable bonds is 4. The predicted molar refractivity (Wildman–Crippen MR) is 73.6 cm³/mol. The molecule has 0 aliphatic carbocycles. The molecule has 0 radical (unpaired) electrons. The number of benzene rings is 1. The van der Waals surface area contributed by atoms with Crippen molar-refractivity contribution < 1.29 is 15.0 Å². The second kappa shape index (κ2) is 11.4. The Kier molecular flexibility index (Phi) is 10.0. The van der Waals surface area contributed by atoms with Gasteiger partial charge < -0.3 is 10.2 Å². The summed E-state index contributed by atoms with van der Waals surface area (Å²) in [5, 5.41) is 16.7. The number of carboxylic acids is 1. The maximum atomic E-state index is 10.2. The molecule has 0 saturated carbocycles. The fraction of sp³-hybridized carbons (Fsp3) is 0.133. The van der Waals surface area contributed by atoms with E-state index in [1.165, 1.54) is 0 Å². The van der Waals surface area contributed by atoms with Gasteiger partial charge in [-0.05, 0) is 19.1 Å².